The molecule has 0 N–H and O–H groups in total. The van der Waals surface area contributed by atoms with Crippen LogP contribution in [0.1, 0.15) is 25.0 Å². The predicted octanol–water partition coefficient (Wildman–Crippen LogP) is 4.78. The molecule has 0 unspecified atom stereocenters. The highest BCUT2D eigenvalue weighted by atomic mass is 16.6. The smallest absolute Gasteiger partial charge is 0.338 e. The topological polar surface area (TPSA) is 52.6 Å². The van der Waals surface area contributed by atoms with Crippen molar-refractivity contribution in [1.82, 2.24) is 0 Å². The zero-order valence-electron chi connectivity index (χ0n) is 16.6. The Kier molecular flexibility index (Phi) is 6.45. The number of carbonyl (C=O) groups is 2. The lowest BCUT2D eigenvalue weighted by molar-refractivity contribution is -0.158. The molecule has 4 nitrogen and oxygen atoms in total. The molecule has 3 aromatic rings. The van der Waals surface area contributed by atoms with Gasteiger partial charge in [0, 0.05) is 0 Å². The first-order chi connectivity index (χ1) is 14.0. The molecule has 3 rings (SSSR count). The quantitative estimate of drug-likeness (QED) is 0.332. The van der Waals surface area contributed by atoms with Crippen molar-refractivity contribution in [2.45, 2.75) is 19.3 Å². The monoisotopic (exact) mass is 388 g/mol. The Bertz CT molecular complexity index is 895. The van der Waals surface area contributed by atoms with Crippen molar-refractivity contribution in [2.24, 2.45) is 5.92 Å². The van der Waals surface area contributed by atoms with E-state index in [1.54, 1.807) is 72.8 Å². The second-order valence-corrected chi connectivity index (χ2v) is 7.18. The minimum Gasteiger partial charge on any atom is -0.464 e. The van der Waals surface area contributed by atoms with Crippen molar-refractivity contribution >= 4 is 11.9 Å². The number of benzene rings is 3. The Hall–Kier alpha value is -3.40. The average Bonchev–Trinajstić information content (AvgIpc) is 2.75. The fraction of sp³-hybridized carbons (Fsp3) is 0.200. The van der Waals surface area contributed by atoms with Gasteiger partial charge in [0.05, 0.1) is 6.61 Å². The van der Waals surface area contributed by atoms with Crippen molar-refractivity contribution in [1.29, 1.82) is 0 Å². The third-order valence-electron chi connectivity index (χ3n) is 4.53. The van der Waals surface area contributed by atoms with Gasteiger partial charge in [0.1, 0.15) is 5.75 Å². The summed E-state index contributed by atoms with van der Waals surface area (Å²) in [6.45, 7) is 4.10. The standard InChI is InChI=1S/C25H24O4/c1-19(2)18-28-23(26)25(20-12-6-3-7-13-20,21-14-8-4-9-15-21)24(27)29-22-16-10-5-11-17-22/h3-17,19H,18H2,1-2H3. The molecule has 0 fully saturated rings. The lowest BCUT2D eigenvalue weighted by Crippen LogP contribution is -2.48. The average molecular weight is 388 g/mol. The maximum Gasteiger partial charge on any atom is 0.338 e. The normalized spacial score (nSPS) is 11.1. The van der Waals surface area contributed by atoms with Gasteiger partial charge in [0.15, 0.2) is 0 Å². The molecule has 0 aliphatic rings. The van der Waals surface area contributed by atoms with E-state index in [9.17, 15) is 9.59 Å². The highest BCUT2D eigenvalue weighted by Gasteiger charge is 2.52. The molecule has 4 heteroatoms. The summed E-state index contributed by atoms with van der Waals surface area (Å²) in [5, 5.41) is 0. The number of hydrogen-bond acceptors (Lipinski definition) is 4. The zero-order valence-corrected chi connectivity index (χ0v) is 16.6. The molecule has 148 valence electrons. The fourth-order valence-corrected chi connectivity index (χ4v) is 3.12. The third kappa shape index (κ3) is 4.37. The molecule has 0 aliphatic heterocycles. The van der Waals surface area contributed by atoms with E-state index in [0.717, 1.165) is 0 Å². The van der Waals surface area contributed by atoms with Gasteiger partial charge in [-0.2, -0.15) is 0 Å². The second-order valence-electron chi connectivity index (χ2n) is 7.18. The van der Waals surface area contributed by atoms with E-state index in [1.165, 1.54) is 0 Å². The summed E-state index contributed by atoms with van der Waals surface area (Å²) < 4.78 is 11.3. The SMILES string of the molecule is CC(C)COC(=O)C(C(=O)Oc1ccccc1)(c1ccccc1)c1ccccc1. The number of para-hydroxylation sites is 1. The lowest BCUT2D eigenvalue weighted by Gasteiger charge is -2.30. The zero-order chi connectivity index (χ0) is 20.7. The van der Waals surface area contributed by atoms with E-state index in [1.807, 2.05) is 32.0 Å². The summed E-state index contributed by atoms with van der Waals surface area (Å²) in [6, 6.07) is 26.5. The van der Waals surface area contributed by atoms with E-state index in [0.29, 0.717) is 16.9 Å². The largest absolute Gasteiger partial charge is 0.464 e. The minimum atomic E-state index is -1.73. The summed E-state index contributed by atoms with van der Waals surface area (Å²) >= 11 is 0. The second kappa shape index (κ2) is 9.20. The minimum absolute atomic E-state index is 0.133. The number of hydrogen-bond donors (Lipinski definition) is 0. The molecule has 0 saturated carbocycles. The summed E-state index contributed by atoms with van der Waals surface area (Å²) in [6.07, 6.45) is 0. The Morgan fingerprint density at radius 3 is 1.62 bits per heavy atom. The molecular formula is C25H24O4. The van der Waals surface area contributed by atoms with E-state index in [2.05, 4.69) is 0 Å². The van der Waals surface area contributed by atoms with Gasteiger partial charge in [0.2, 0.25) is 5.41 Å². The molecule has 0 spiro atoms. The first-order valence-corrected chi connectivity index (χ1v) is 9.60. The van der Waals surface area contributed by atoms with E-state index in [4.69, 9.17) is 9.47 Å². The molecule has 0 atom stereocenters. The summed E-state index contributed by atoms with van der Waals surface area (Å²) in [4.78, 5) is 27.1. The van der Waals surface area contributed by atoms with E-state index >= 15 is 0 Å². The van der Waals surface area contributed by atoms with Crippen LogP contribution in [0.2, 0.25) is 0 Å². The summed E-state index contributed by atoms with van der Waals surface area (Å²) in [5.74, 6) is -0.849. The Morgan fingerprint density at radius 1 is 0.724 bits per heavy atom. The van der Waals surface area contributed by atoms with Crippen LogP contribution in [0.15, 0.2) is 91.0 Å². The summed E-state index contributed by atoms with van der Waals surface area (Å²) in [7, 11) is 0. The highest BCUT2D eigenvalue weighted by Crippen LogP contribution is 2.36. The van der Waals surface area contributed by atoms with Crippen LogP contribution in [-0.4, -0.2) is 18.5 Å². The van der Waals surface area contributed by atoms with Crippen molar-refractivity contribution in [3.8, 4) is 5.75 Å². The molecule has 3 aromatic carbocycles. The molecule has 0 aliphatic carbocycles. The first kappa shape index (κ1) is 20.3. The molecular weight excluding hydrogens is 364 g/mol. The Balaban J connectivity index is 2.16. The van der Waals surface area contributed by atoms with Crippen LogP contribution < -0.4 is 4.74 Å². The fourth-order valence-electron chi connectivity index (χ4n) is 3.12. The number of rotatable bonds is 7. The Labute approximate surface area is 171 Å². The van der Waals surface area contributed by atoms with Crippen molar-refractivity contribution in [3.05, 3.63) is 102 Å². The lowest BCUT2D eigenvalue weighted by atomic mass is 9.74. The summed E-state index contributed by atoms with van der Waals surface area (Å²) in [5.41, 5.74) is -0.727. The van der Waals surface area contributed by atoms with Crippen LogP contribution in [0.5, 0.6) is 5.75 Å². The molecule has 0 saturated heterocycles. The van der Waals surface area contributed by atoms with Crippen molar-refractivity contribution in [2.75, 3.05) is 6.61 Å². The van der Waals surface area contributed by atoms with E-state index < -0.39 is 17.4 Å². The Morgan fingerprint density at radius 2 is 1.17 bits per heavy atom. The predicted molar refractivity (Wildman–Crippen MR) is 112 cm³/mol. The van der Waals surface area contributed by atoms with Gasteiger partial charge in [-0.1, -0.05) is 92.7 Å². The molecule has 0 amide bonds. The van der Waals surface area contributed by atoms with Crippen LogP contribution in [0.25, 0.3) is 0 Å². The molecule has 0 radical (unpaired) electrons. The number of ether oxygens (including phenoxy) is 2. The van der Waals surface area contributed by atoms with Crippen molar-refractivity contribution < 1.29 is 19.1 Å². The third-order valence-corrected chi connectivity index (χ3v) is 4.53. The van der Waals surface area contributed by atoms with Crippen LogP contribution >= 0.6 is 0 Å². The van der Waals surface area contributed by atoms with Gasteiger partial charge in [-0.05, 0) is 29.2 Å². The van der Waals surface area contributed by atoms with Gasteiger partial charge in [-0.25, -0.2) is 4.79 Å². The first-order valence-electron chi connectivity index (χ1n) is 9.60. The van der Waals surface area contributed by atoms with Crippen LogP contribution in [0.4, 0.5) is 0 Å². The van der Waals surface area contributed by atoms with Gasteiger partial charge < -0.3 is 9.47 Å². The van der Waals surface area contributed by atoms with Gasteiger partial charge in [-0.15, -0.1) is 0 Å². The maximum absolute atomic E-state index is 13.6. The van der Waals surface area contributed by atoms with Gasteiger partial charge in [0.25, 0.3) is 0 Å². The van der Waals surface area contributed by atoms with Gasteiger partial charge >= 0.3 is 11.9 Å². The van der Waals surface area contributed by atoms with Crippen molar-refractivity contribution in [3.63, 3.8) is 0 Å². The highest BCUT2D eigenvalue weighted by molar-refractivity contribution is 6.10. The molecule has 0 bridgehead atoms. The van der Waals surface area contributed by atoms with Crippen LogP contribution in [-0.2, 0) is 19.7 Å². The number of esters is 2. The number of carbonyl (C=O) groups excluding carboxylic acids is 2. The van der Waals surface area contributed by atoms with Crippen LogP contribution in [0.3, 0.4) is 0 Å². The molecule has 0 aromatic heterocycles. The molecule has 29 heavy (non-hydrogen) atoms. The molecule has 0 heterocycles. The maximum atomic E-state index is 13.6. The van der Waals surface area contributed by atoms with Gasteiger partial charge in [-0.3, -0.25) is 4.79 Å². The van der Waals surface area contributed by atoms with Crippen LogP contribution in [0, 0.1) is 5.92 Å². The van der Waals surface area contributed by atoms with E-state index in [-0.39, 0.29) is 12.5 Å².